The molecule has 0 saturated carbocycles. The minimum atomic E-state index is -0.690. The smallest absolute Gasteiger partial charge is 0.244 e. The van der Waals surface area contributed by atoms with Crippen molar-refractivity contribution in [2.24, 2.45) is 5.73 Å². The third kappa shape index (κ3) is 3.58. The Hall–Kier alpha value is -1.40. The number of nitrogens with one attached hydrogen (secondary N) is 1. The van der Waals surface area contributed by atoms with Crippen LogP contribution in [-0.2, 0) is 4.79 Å². The van der Waals surface area contributed by atoms with Gasteiger partial charge in [-0.3, -0.25) is 4.79 Å². The lowest BCUT2D eigenvalue weighted by molar-refractivity contribution is -0.118. The number of hydrogen-bond donors (Lipinski definition) is 2. The molecule has 2 aromatic rings. The summed E-state index contributed by atoms with van der Waals surface area (Å²) in [7, 11) is 0. The maximum atomic E-state index is 12.9. The van der Waals surface area contributed by atoms with Crippen molar-refractivity contribution in [2.45, 2.75) is 6.04 Å². The second-order valence-corrected chi connectivity index (χ2v) is 5.87. The van der Waals surface area contributed by atoms with E-state index in [0.29, 0.717) is 5.69 Å². The maximum Gasteiger partial charge on any atom is 0.244 e. The highest BCUT2D eigenvalue weighted by Crippen LogP contribution is 2.28. The highest BCUT2D eigenvalue weighted by molar-refractivity contribution is 9.13. The summed E-state index contributed by atoms with van der Waals surface area (Å²) in [6, 6.07) is 10.5. The minimum Gasteiger partial charge on any atom is -0.370 e. The molecule has 0 radical (unpaired) electrons. The summed E-state index contributed by atoms with van der Waals surface area (Å²) < 4.78 is 14.6. The number of primary amides is 1. The van der Waals surface area contributed by atoms with E-state index in [4.69, 9.17) is 5.73 Å². The maximum absolute atomic E-state index is 12.9. The number of amides is 1. The Kier molecular flexibility index (Phi) is 4.77. The molecular weight excluding hydrogens is 391 g/mol. The topological polar surface area (TPSA) is 55.1 Å². The van der Waals surface area contributed by atoms with E-state index in [1.54, 1.807) is 24.3 Å². The molecule has 3 N–H and O–H groups in total. The number of benzene rings is 2. The van der Waals surface area contributed by atoms with Crippen molar-refractivity contribution in [3.8, 4) is 0 Å². The number of rotatable bonds is 4. The monoisotopic (exact) mass is 400 g/mol. The molecule has 0 aliphatic heterocycles. The zero-order valence-electron chi connectivity index (χ0n) is 10.2. The van der Waals surface area contributed by atoms with Crippen molar-refractivity contribution in [1.29, 1.82) is 0 Å². The van der Waals surface area contributed by atoms with Gasteiger partial charge in [-0.2, -0.15) is 0 Å². The lowest BCUT2D eigenvalue weighted by Crippen LogP contribution is -2.27. The Morgan fingerprint density at radius 1 is 1.10 bits per heavy atom. The van der Waals surface area contributed by atoms with Gasteiger partial charge in [-0.15, -0.1) is 0 Å². The first-order chi connectivity index (χ1) is 9.47. The predicted molar refractivity (Wildman–Crippen MR) is 83.8 cm³/mol. The summed E-state index contributed by atoms with van der Waals surface area (Å²) in [6.45, 7) is 0. The van der Waals surface area contributed by atoms with Crippen LogP contribution in [0.5, 0.6) is 0 Å². The van der Waals surface area contributed by atoms with Gasteiger partial charge in [-0.05, 0) is 73.8 Å². The summed E-state index contributed by atoms with van der Waals surface area (Å²) in [5, 5.41) is 2.99. The highest BCUT2D eigenvalue weighted by atomic mass is 79.9. The third-order valence-electron chi connectivity index (χ3n) is 2.72. The van der Waals surface area contributed by atoms with Gasteiger partial charge in [0.2, 0.25) is 5.91 Å². The van der Waals surface area contributed by atoms with E-state index in [0.717, 1.165) is 14.5 Å². The van der Waals surface area contributed by atoms with Crippen molar-refractivity contribution in [3.05, 3.63) is 62.8 Å². The van der Waals surface area contributed by atoms with Crippen molar-refractivity contribution in [3.63, 3.8) is 0 Å². The molecule has 0 heterocycles. The first-order valence-electron chi connectivity index (χ1n) is 5.74. The molecular formula is C14H11Br2FN2O. The molecule has 1 atom stereocenters. The first kappa shape index (κ1) is 15.0. The van der Waals surface area contributed by atoms with Gasteiger partial charge in [0.05, 0.1) is 0 Å². The van der Waals surface area contributed by atoms with Gasteiger partial charge in [0.1, 0.15) is 11.9 Å². The minimum absolute atomic E-state index is 0.336. The van der Waals surface area contributed by atoms with E-state index < -0.39 is 11.9 Å². The van der Waals surface area contributed by atoms with E-state index in [1.165, 1.54) is 12.1 Å². The average Bonchev–Trinajstić information content (AvgIpc) is 2.41. The second-order valence-electron chi connectivity index (χ2n) is 4.16. The molecule has 20 heavy (non-hydrogen) atoms. The summed E-state index contributed by atoms with van der Waals surface area (Å²) in [5.74, 6) is -0.846. The van der Waals surface area contributed by atoms with Crippen LogP contribution >= 0.6 is 31.9 Å². The average molecular weight is 402 g/mol. The fourth-order valence-electron chi connectivity index (χ4n) is 1.72. The summed E-state index contributed by atoms with van der Waals surface area (Å²) in [5.41, 5.74) is 6.77. The molecule has 2 aromatic carbocycles. The van der Waals surface area contributed by atoms with Crippen LogP contribution < -0.4 is 11.1 Å². The van der Waals surface area contributed by atoms with Crippen LogP contribution in [-0.4, -0.2) is 5.91 Å². The quantitative estimate of drug-likeness (QED) is 0.813. The molecule has 2 rings (SSSR count). The predicted octanol–water partition coefficient (Wildman–Crippen LogP) is 3.99. The molecule has 0 aliphatic rings. The number of carbonyl (C=O) groups excluding carboxylic acids is 1. The van der Waals surface area contributed by atoms with Crippen molar-refractivity contribution in [2.75, 3.05) is 5.32 Å². The molecule has 1 amide bonds. The fraction of sp³-hybridized carbons (Fsp3) is 0.0714. The number of halogens is 3. The molecule has 6 heteroatoms. The lowest BCUT2D eigenvalue weighted by atomic mass is 10.1. The molecule has 0 aromatic heterocycles. The Bertz CT molecular complexity index is 632. The molecule has 1 unspecified atom stereocenters. The van der Waals surface area contributed by atoms with Crippen LogP contribution in [0.2, 0.25) is 0 Å². The van der Waals surface area contributed by atoms with Gasteiger partial charge in [-0.25, -0.2) is 4.39 Å². The Balaban J connectivity index is 2.29. The van der Waals surface area contributed by atoms with Crippen LogP contribution in [0.15, 0.2) is 51.4 Å². The fourth-order valence-corrected chi connectivity index (χ4v) is 2.37. The van der Waals surface area contributed by atoms with Gasteiger partial charge < -0.3 is 11.1 Å². The van der Waals surface area contributed by atoms with E-state index in [-0.39, 0.29) is 5.82 Å². The summed E-state index contributed by atoms with van der Waals surface area (Å²) in [4.78, 5) is 11.6. The van der Waals surface area contributed by atoms with Crippen LogP contribution in [0.1, 0.15) is 11.6 Å². The molecule has 104 valence electrons. The molecule has 0 bridgehead atoms. The number of nitrogens with two attached hydrogens (primary N) is 1. The third-order valence-corrected chi connectivity index (χ3v) is 4.60. The highest BCUT2D eigenvalue weighted by Gasteiger charge is 2.18. The van der Waals surface area contributed by atoms with Crippen LogP contribution in [0.4, 0.5) is 10.1 Å². The second kappa shape index (κ2) is 6.37. The number of hydrogen-bond acceptors (Lipinski definition) is 2. The van der Waals surface area contributed by atoms with Crippen LogP contribution in [0.25, 0.3) is 0 Å². The largest absolute Gasteiger partial charge is 0.370 e. The summed E-state index contributed by atoms with van der Waals surface area (Å²) >= 11 is 6.75. The van der Waals surface area contributed by atoms with Gasteiger partial charge in [-0.1, -0.05) is 6.07 Å². The Morgan fingerprint density at radius 2 is 1.75 bits per heavy atom. The SMILES string of the molecule is NC(=O)C(Nc1ccc(F)cc1)c1ccc(Br)c(Br)c1. The molecule has 0 fully saturated rings. The van der Waals surface area contributed by atoms with Crippen molar-refractivity contribution in [1.82, 2.24) is 0 Å². The molecule has 0 spiro atoms. The van der Waals surface area contributed by atoms with E-state index in [2.05, 4.69) is 37.2 Å². The normalized spacial score (nSPS) is 11.9. The van der Waals surface area contributed by atoms with Crippen LogP contribution in [0, 0.1) is 5.82 Å². The van der Waals surface area contributed by atoms with Gasteiger partial charge in [0.25, 0.3) is 0 Å². The Labute approximate surface area is 132 Å². The van der Waals surface area contributed by atoms with E-state index in [9.17, 15) is 9.18 Å². The van der Waals surface area contributed by atoms with E-state index >= 15 is 0 Å². The zero-order chi connectivity index (χ0) is 14.7. The van der Waals surface area contributed by atoms with Gasteiger partial charge in [0.15, 0.2) is 0 Å². The van der Waals surface area contributed by atoms with Crippen molar-refractivity contribution < 1.29 is 9.18 Å². The molecule has 0 saturated heterocycles. The zero-order valence-corrected chi connectivity index (χ0v) is 13.4. The molecule has 0 aliphatic carbocycles. The molecule has 3 nitrogen and oxygen atoms in total. The van der Waals surface area contributed by atoms with E-state index in [1.807, 2.05) is 6.07 Å². The van der Waals surface area contributed by atoms with Gasteiger partial charge >= 0.3 is 0 Å². The van der Waals surface area contributed by atoms with Gasteiger partial charge in [0, 0.05) is 14.6 Å². The number of anilines is 1. The Morgan fingerprint density at radius 3 is 2.30 bits per heavy atom. The standard InChI is InChI=1S/C14H11Br2FN2O/c15-11-6-1-8(7-12(11)16)13(14(18)20)19-10-4-2-9(17)3-5-10/h1-7,13,19H,(H2,18,20). The lowest BCUT2D eigenvalue weighted by Gasteiger charge is -2.17. The van der Waals surface area contributed by atoms with Crippen LogP contribution in [0.3, 0.4) is 0 Å². The first-order valence-corrected chi connectivity index (χ1v) is 7.32. The van der Waals surface area contributed by atoms with Crippen molar-refractivity contribution >= 4 is 43.5 Å². The number of carbonyl (C=O) groups is 1. The summed E-state index contributed by atoms with van der Waals surface area (Å²) in [6.07, 6.45) is 0.